The molecule has 1 aromatic heterocycles. The first-order valence-electron chi connectivity index (χ1n) is 7.58. The van der Waals surface area contributed by atoms with Gasteiger partial charge in [-0.15, -0.1) is 0 Å². The summed E-state index contributed by atoms with van der Waals surface area (Å²) < 4.78 is 5.46. The van der Waals surface area contributed by atoms with Crippen molar-refractivity contribution in [2.45, 2.75) is 13.5 Å². The molecule has 122 valence electrons. The maximum Gasteiger partial charge on any atom is 0.251 e. The second-order valence-electron chi connectivity index (χ2n) is 5.36. The number of oxazole rings is 1. The summed E-state index contributed by atoms with van der Waals surface area (Å²) in [4.78, 5) is 27.9. The van der Waals surface area contributed by atoms with Crippen molar-refractivity contribution in [1.29, 1.82) is 0 Å². The molecule has 1 heterocycles. The largest absolute Gasteiger partial charge is 0.441 e. The second-order valence-corrected chi connectivity index (χ2v) is 5.36. The summed E-state index contributed by atoms with van der Waals surface area (Å²) >= 11 is 0. The highest BCUT2D eigenvalue weighted by atomic mass is 16.3. The van der Waals surface area contributed by atoms with Crippen molar-refractivity contribution in [3.8, 4) is 0 Å². The molecular weight excluding hydrogens is 306 g/mol. The molecule has 2 amide bonds. The van der Waals surface area contributed by atoms with Crippen LogP contribution in [0.1, 0.15) is 21.8 Å². The van der Waals surface area contributed by atoms with E-state index >= 15 is 0 Å². The summed E-state index contributed by atoms with van der Waals surface area (Å²) in [6.07, 6.45) is 0. The van der Waals surface area contributed by atoms with Crippen LogP contribution in [0.4, 0.5) is 0 Å². The number of nitrogens with zero attached hydrogens (tertiary/aromatic N) is 1. The minimum Gasteiger partial charge on any atom is -0.441 e. The number of amides is 2. The molecule has 24 heavy (non-hydrogen) atoms. The molecule has 0 saturated carbocycles. The van der Waals surface area contributed by atoms with Crippen molar-refractivity contribution >= 4 is 22.9 Å². The number of fused-ring (bicyclic) bond motifs is 1. The van der Waals surface area contributed by atoms with E-state index in [-0.39, 0.29) is 18.4 Å². The second kappa shape index (κ2) is 6.95. The van der Waals surface area contributed by atoms with E-state index in [1.54, 1.807) is 31.2 Å². The van der Waals surface area contributed by atoms with Gasteiger partial charge in [-0.3, -0.25) is 9.59 Å². The van der Waals surface area contributed by atoms with Gasteiger partial charge in [0, 0.05) is 19.0 Å². The molecule has 0 aliphatic heterocycles. The Morgan fingerprint density at radius 1 is 1.08 bits per heavy atom. The molecule has 0 atom stereocenters. The summed E-state index contributed by atoms with van der Waals surface area (Å²) in [5.74, 6) is 0.0762. The molecule has 0 unspecified atom stereocenters. The van der Waals surface area contributed by atoms with Gasteiger partial charge in [0.25, 0.3) is 5.91 Å². The zero-order valence-corrected chi connectivity index (χ0v) is 13.2. The van der Waals surface area contributed by atoms with Crippen LogP contribution in [0.5, 0.6) is 0 Å². The van der Waals surface area contributed by atoms with Gasteiger partial charge in [0.1, 0.15) is 5.52 Å². The van der Waals surface area contributed by atoms with Crippen LogP contribution in [-0.4, -0.2) is 23.3 Å². The Bertz CT molecular complexity index is 872. The Hall–Kier alpha value is -3.15. The summed E-state index contributed by atoms with van der Waals surface area (Å²) in [6.45, 7) is 2.07. The molecule has 0 bridgehead atoms. The molecule has 3 rings (SSSR count). The number of carbonyl (C=O) groups is 2. The molecule has 0 spiro atoms. The van der Waals surface area contributed by atoms with Crippen molar-refractivity contribution in [2.24, 2.45) is 0 Å². The van der Waals surface area contributed by atoms with Gasteiger partial charge in [0.2, 0.25) is 5.91 Å². The third-order valence-electron chi connectivity index (χ3n) is 3.49. The lowest BCUT2D eigenvalue weighted by Crippen LogP contribution is -2.36. The zero-order chi connectivity index (χ0) is 16.9. The van der Waals surface area contributed by atoms with Gasteiger partial charge in [-0.05, 0) is 29.8 Å². The van der Waals surface area contributed by atoms with Gasteiger partial charge in [0.05, 0.1) is 6.54 Å². The minimum atomic E-state index is -0.274. The fraction of sp³-hybridized carbons (Fsp3) is 0.167. The molecular formula is C18H17N3O3. The Balaban J connectivity index is 1.50. The first-order valence-corrected chi connectivity index (χ1v) is 7.58. The molecule has 2 aromatic carbocycles. The van der Waals surface area contributed by atoms with Crippen molar-refractivity contribution < 1.29 is 14.0 Å². The summed E-state index contributed by atoms with van der Waals surface area (Å²) in [7, 11) is 0. The fourth-order valence-electron chi connectivity index (χ4n) is 2.31. The quantitative estimate of drug-likeness (QED) is 0.754. The van der Waals surface area contributed by atoms with Gasteiger partial charge >= 0.3 is 0 Å². The molecule has 6 heteroatoms. The number of aromatic nitrogens is 1. The standard InChI is InChI=1S/C18H17N3O3/c1-12-21-15-8-7-13(9-16(15)24-12)10-19-17(22)11-20-18(23)14-5-3-2-4-6-14/h2-9H,10-11H2,1H3,(H,19,22)(H,20,23). The summed E-state index contributed by atoms with van der Waals surface area (Å²) in [5, 5.41) is 5.35. The van der Waals surface area contributed by atoms with Crippen LogP contribution >= 0.6 is 0 Å². The van der Waals surface area contributed by atoms with Crippen LogP contribution in [0.2, 0.25) is 0 Å². The average molecular weight is 323 g/mol. The van der Waals surface area contributed by atoms with E-state index in [2.05, 4.69) is 15.6 Å². The van der Waals surface area contributed by atoms with E-state index in [0.29, 0.717) is 23.6 Å². The highest BCUT2D eigenvalue weighted by Crippen LogP contribution is 2.16. The van der Waals surface area contributed by atoms with Crippen LogP contribution < -0.4 is 10.6 Å². The van der Waals surface area contributed by atoms with Crippen molar-refractivity contribution in [2.75, 3.05) is 6.54 Å². The number of hydrogen-bond acceptors (Lipinski definition) is 4. The normalized spacial score (nSPS) is 10.5. The van der Waals surface area contributed by atoms with Crippen LogP contribution in [0.3, 0.4) is 0 Å². The Morgan fingerprint density at radius 2 is 1.88 bits per heavy atom. The van der Waals surface area contributed by atoms with E-state index in [4.69, 9.17) is 4.42 Å². The summed E-state index contributed by atoms with van der Waals surface area (Å²) in [5.41, 5.74) is 2.91. The van der Waals surface area contributed by atoms with Gasteiger partial charge in [-0.2, -0.15) is 0 Å². The molecule has 0 aliphatic rings. The van der Waals surface area contributed by atoms with E-state index < -0.39 is 0 Å². The molecule has 0 saturated heterocycles. The van der Waals surface area contributed by atoms with Crippen LogP contribution in [0.15, 0.2) is 52.9 Å². The third kappa shape index (κ3) is 3.78. The SMILES string of the molecule is Cc1nc2ccc(CNC(=O)CNC(=O)c3ccccc3)cc2o1. The lowest BCUT2D eigenvalue weighted by atomic mass is 10.2. The van der Waals surface area contributed by atoms with E-state index in [1.807, 2.05) is 24.3 Å². The third-order valence-corrected chi connectivity index (χ3v) is 3.49. The van der Waals surface area contributed by atoms with E-state index in [1.165, 1.54) is 0 Å². The molecule has 2 N–H and O–H groups in total. The Morgan fingerprint density at radius 3 is 2.67 bits per heavy atom. The highest BCUT2D eigenvalue weighted by Gasteiger charge is 2.08. The maximum absolute atomic E-state index is 11.9. The van der Waals surface area contributed by atoms with E-state index in [0.717, 1.165) is 11.1 Å². The molecule has 3 aromatic rings. The monoisotopic (exact) mass is 323 g/mol. The van der Waals surface area contributed by atoms with Crippen LogP contribution in [0, 0.1) is 6.92 Å². The van der Waals surface area contributed by atoms with Crippen LogP contribution in [-0.2, 0) is 11.3 Å². The first kappa shape index (κ1) is 15.7. The first-order chi connectivity index (χ1) is 11.6. The zero-order valence-electron chi connectivity index (χ0n) is 13.2. The Kier molecular flexibility index (Phi) is 4.56. The minimum absolute atomic E-state index is 0.0720. The highest BCUT2D eigenvalue weighted by molar-refractivity contribution is 5.96. The Labute approximate surface area is 138 Å². The van der Waals surface area contributed by atoms with Gasteiger partial charge in [0.15, 0.2) is 11.5 Å². The van der Waals surface area contributed by atoms with Crippen LogP contribution in [0.25, 0.3) is 11.1 Å². The topological polar surface area (TPSA) is 84.2 Å². The molecule has 0 aliphatic carbocycles. The number of nitrogens with one attached hydrogen (secondary N) is 2. The van der Waals surface area contributed by atoms with Gasteiger partial charge in [-0.25, -0.2) is 4.98 Å². The predicted octanol–water partition coefficient (Wildman–Crippen LogP) is 2.18. The van der Waals surface area contributed by atoms with Gasteiger partial charge in [-0.1, -0.05) is 24.3 Å². The number of rotatable bonds is 5. The maximum atomic E-state index is 11.9. The lowest BCUT2D eigenvalue weighted by molar-refractivity contribution is -0.120. The number of hydrogen-bond donors (Lipinski definition) is 2. The van der Waals surface area contributed by atoms with Crippen molar-refractivity contribution in [3.05, 3.63) is 65.5 Å². The molecule has 0 radical (unpaired) electrons. The van der Waals surface area contributed by atoms with Gasteiger partial charge < -0.3 is 15.1 Å². The summed E-state index contributed by atoms with van der Waals surface area (Å²) in [6, 6.07) is 14.3. The van der Waals surface area contributed by atoms with Crippen molar-refractivity contribution in [1.82, 2.24) is 15.6 Å². The predicted molar refractivity (Wildman–Crippen MR) is 89.4 cm³/mol. The molecule has 6 nitrogen and oxygen atoms in total. The number of benzene rings is 2. The smallest absolute Gasteiger partial charge is 0.251 e. The van der Waals surface area contributed by atoms with E-state index in [9.17, 15) is 9.59 Å². The number of aryl methyl sites for hydroxylation is 1. The molecule has 0 fully saturated rings. The van der Waals surface area contributed by atoms with Crippen molar-refractivity contribution in [3.63, 3.8) is 0 Å². The number of carbonyl (C=O) groups excluding carboxylic acids is 2. The average Bonchev–Trinajstić information content (AvgIpc) is 2.97. The fourth-order valence-corrected chi connectivity index (χ4v) is 2.31. The lowest BCUT2D eigenvalue weighted by Gasteiger charge is -2.07.